The molecule has 1 aliphatic rings. The number of nitrogens with zero attached hydrogens (tertiary/aromatic N) is 2. The molecule has 0 amide bonds. The molecule has 74 valence electrons. The standard InChI is InChI=1S/C10H19N3/c1-3-9(8-11)12-6-7-13(2)10-4-5-10/h9-10,12H,3-7H2,1-2H3. The van der Waals surface area contributed by atoms with Crippen LogP contribution in [-0.4, -0.2) is 37.1 Å². The van der Waals surface area contributed by atoms with Gasteiger partial charge in [0.1, 0.15) is 0 Å². The zero-order chi connectivity index (χ0) is 9.68. The maximum absolute atomic E-state index is 8.69. The van der Waals surface area contributed by atoms with Crippen LogP contribution in [-0.2, 0) is 0 Å². The number of nitriles is 1. The van der Waals surface area contributed by atoms with E-state index in [4.69, 9.17) is 5.26 Å². The van der Waals surface area contributed by atoms with E-state index in [0.29, 0.717) is 0 Å². The largest absolute Gasteiger partial charge is 0.302 e. The molecule has 1 saturated carbocycles. The van der Waals surface area contributed by atoms with Crippen molar-refractivity contribution in [3.63, 3.8) is 0 Å². The molecule has 3 nitrogen and oxygen atoms in total. The number of hydrogen-bond donors (Lipinski definition) is 1. The Morgan fingerprint density at radius 3 is 2.77 bits per heavy atom. The molecule has 1 atom stereocenters. The van der Waals surface area contributed by atoms with Gasteiger partial charge in [-0.1, -0.05) is 6.92 Å². The zero-order valence-electron chi connectivity index (χ0n) is 8.58. The Labute approximate surface area is 80.7 Å². The summed E-state index contributed by atoms with van der Waals surface area (Å²) in [4.78, 5) is 2.37. The third kappa shape index (κ3) is 3.75. The third-order valence-electron chi connectivity index (χ3n) is 2.59. The molecule has 0 saturated heterocycles. The Morgan fingerprint density at radius 1 is 1.62 bits per heavy atom. The Hall–Kier alpha value is -0.590. The highest BCUT2D eigenvalue weighted by atomic mass is 15.2. The molecule has 13 heavy (non-hydrogen) atoms. The van der Waals surface area contributed by atoms with Crippen molar-refractivity contribution in [2.45, 2.75) is 38.3 Å². The Morgan fingerprint density at radius 2 is 2.31 bits per heavy atom. The fraction of sp³-hybridized carbons (Fsp3) is 0.900. The highest BCUT2D eigenvalue weighted by molar-refractivity contribution is 4.89. The second-order valence-electron chi connectivity index (χ2n) is 3.76. The SMILES string of the molecule is CCC(C#N)NCCN(C)C1CC1. The fourth-order valence-corrected chi connectivity index (χ4v) is 1.39. The van der Waals surface area contributed by atoms with Gasteiger partial charge in [0.15, 0.2) is 0 Å². The summed E-state index contributed by atoms with van der Waals surface area (Å²) < 4.78 is 0. The van der Waals surface area contributed by atoms with Gasteiger partial charge in [-0.05, 0) is 26.3 Å². The van der Waals surface area contributed by atoms with Crippen LogP contribution in [0.15, 0.2) is 0 Å². The average Bonchev–Trinajstić information content (AvgIpc) is 2.95. The molecular formula is C10H19N3. The predicted octanol–water partition coefficient (Wildman–Crippen LogP) is 0.972. The first-order valence-corrected chi connectivity index (χ1v) is 5.11. The number of likely N-dealkylation sites (N-methyl/N-ethyl adjacent to an activating group) is 1. The Balaban J connectivity index is 2.02. The minimum atomic E-state index is 0.0348. The molecule has 1 unspecified atom stereocenters. The van der Waals surface area contributed by atoms with E-state index in [1.54, 1.807) is 0 Å². The van der Waals surface area contributed by atoms with Gasteiger partial charge in [-0.2, -0.15) is 5.26 Å². The summed E-state index contributed by atoms with van der Waals surface area (Å²) in [5.74, 6) is 0. The summed E-state index contributed by atoms with van der Waals surface area (Å²) in [5.41, 5.74) is 0. The minimum Gasteiger partial charge on any atom is -0.302 e. The number of nitrogens with one attached hydrogen (secondary N) is 1. The molecule has 0 aromatic heterocycles. The van der Waals surface area contributed by atoms with E-state index in [0.717, 1.165) is 25.6 Å². The van der Waals surface area contributed by atoms with Crippen LogP contribution in [0.25, 0.3) is 0 Å². The lowest BCUT2D eigenvalue weighted by Gasteiger charge is -2.16. The lowest BCUT2D eigenvalue weighted by Crippen LogP contribution is -2.35. The van der Waals surface area contributed by atoms with Crippen LogP contribution >= 0.6 is 0 Å². The maximum Gasteiger partial charge on any atom is 0.0950 e. The summed E-state index contributed by atoms with van der Waals surface area (Å²) in [6.07, 6.45) is 3.60. The van der Waals surface area contributed by atoms with Crippen LogP contribution in [0.2, 0.25) is 0 Å². The van der Waals surface area contributed by atoms with Crippen LogP contribution in [0.3, 0.4) is 0 Å². The molecule has 1 aliphatic carbocycles. The van der Waals surface area contributed by atoms with Gasteiger partial charge in [0.25, 0.3) is 0 Å². The second kappa shape index (κ2) is 5.21. The molecule has 1 fully saturated rings. The minimum absolute atomic E-state index is 0.0348. The van der Waals surface area contributed by atoms with Gasteiger partial charge in [0.05, 0.1) is 12.1 Å². The summed E-state index contributed by atoms with van der Waals surface area (Å²) in [6.45, 7) is 4.02. The van der Waals surface area contributed by atoms with Gasteiger partial charge in [-0.15, -0.1) is 0 Å². The molecule has 1 N–H and O–H groups in total. The highest BCUT2D eigenvalue weighted by Gasteiger charge is 2.25. The van der Waals surface area contributed by atoms with Crippen molar-refractivity contribution in [1.82, 2.24) is 10.2 Å². The molecule has 0 heterocycles. The van der Waals surface area contributed by atoms with Crippen LogP contribution in [0.5, 0.6) is 0 Å². The molecule has 0 radical (unpaired) electrons. The van der Waals surface area contributed by atoms with Gasteiger partial charge in [-0.25, -0.2) is 0 Å². The molecule has 3 heteroatoms. The highest BCUT2D eigenvalue weighted by Crippen LogP contribution is 2.24. The predicted molar refractivity (Wildman–Crippen MR) is 53.3 cm³/mol. The van der Waals surface area contributed by atoms with Gasteiger partial charge < -0.3 is 10.2 Å². The molecule has 0 aliphatic heterocycles. The first-order valence-electron chi connectivity index (χ1n) is 5.11. The maximum atomic E-state index is 8.69. The number of rotatable bonds is 6. The summed E-state index contributed by atoms with van der Waals surface area (Å²) in [7, 11) is 2.16. The van der Waals surface area contributed by atoms with E-state index >= 15 is 0 Å². The van der Waals surface area contributed by atoms with Crippen LogP contribution in [0.1, 0.15) is 26.2 Å². The Bertz CT molecular complexity index is 181. The zero-order valence-corrected chi connectivity index (χ0v) is 8.58. The van der Waals surface area contributed by atoms with E-state index in [1.165, 1.54) is 12.8 Å². The van der Waals surface area contributed by atoms with Crippen molar-refractivity contribution in [1.29, 1.82) is 5.26 Å². The monoisotopic (exact) mass is 181 g/mol. The average molecular weight is 181 g/mol. The van der Waals surface area contributed by atoms with Gasteiger partial charge >= 0.3 is 0 Å². The van der Waals surface area contributed by atoms with E-state index in [9.17, 15) is 0 Å². The number of hydrogen-bond acceptors (Lipinski definition) is 3. The van der Waals surface area contributed by atoms with E-state index in [-0.39, 0.29) is 6.04 Å². The molecular weight excluding hydrogens is 162 g/mol. The third-order valence-corrected chi connectivity index (χ3v) is 2.59. The van der Waals surface area contributed by atoms with Gasteiger partial charge in [-0.3, -0.25) is 0 Å². The summed E-state index contributed by atoms with van der Waals surface area (Å²) in [5, 5.41) is 11.9. The first kappa shape index (κ1) is 10.5. The van der Waals surface area contributed by atoms with Crippen molar-refractivity contribution in [3.05, 3.63) is 0 Å². The topological polar surface area (TPSA) is 39.1 Å². The Kier molecular flexibility index (Phi) is 4.20. The lowest BCUT2D eigenvalue weighted by atomic mass is 10.2. The second-order valence-corrected chi connectivity index (χ2v) is 3.76. The van der Waals surface area contributed by atoms with Gasteiger partial charge in [0.2, 0.25) is 0 Å². The van der Waals surface area contributed by atoms with E-state index < -0.39 is 0 Å². The van der Waals surface area contributed by atoms with Crippen molar-refractivity contribution in [2.24, 2.45) is 0 Å². The molecule has 0 aromatic rings. The molecule has 1 rings (SSSR count). The van der Waals surface area contributed by atoms with Crippen molar-refractivity contribution in [2.75, 3.05) is 20.1 Å². The molecule has 0 aromatic carbocycles. The smallest absolute Gasteiger partial charge is 0.0950 e. The van der Waals surface area contributed by atoms with E-state index in [2.05, 4.69) is 23.3 Å². The lowest BCUT2D eigenvalue weighted by molar-refractivity contribution is 0.318. The van der Waals surface area contributed by atoms with E-state index in [1.807, 2.05) is 6.92 Å². The van der Waals surface area contributed by atoms with Crippen LogP contribution in [0, 0.1) is 11.3 Å². The van der Waals surface area contributed by atoms with Crippen molar-refractivity contribution < 1.29 is 0 Å². The quantitative estimate of drug-likeness (QED) is 0.663. The normalized spacial score (nSPS) is 18.6. The van der Waals surface area contributed by atoms with Gasteiger partial charge in [0, 0.05) is 19.1 Å². The molecule has 0 bridgehead atoms. The summed E-state index contributed by atoms with van der Waals surface area (Å²) in [6, 6.07) is 3.10. The van der Waals surface area contributed by atoms with Crippen molar-refractivity contribution in [3.8, 4) is 6.07 Å². The first-order chi connectivity index (χ1) is 6.27. The molecule has 0 spiro atoms. The summed E-state index contributed by atoms with van der Waals surface area (Å²) >= 11 is 0. The van der Waals surface area contributed by atoms with Crippen LogP contribution in [0.4, 0.5) is 0 Å². The van der Waals surface area contributed by atoms with Crippen molar-refractivity contribution >= 4 is 0 Å². The fourth-order valence-electron chi connectivity index (χ4n) is 1.39. The van der Waals surface area contributed by atoms with Crippen LogP contribution < -0.4 is 5.32 Å².